The molecular formula is C14H13IN2O4S. The van der Waals surface area contributed by atoms with Gasteiger partial charge < -0.3 is 15.2 Å². The molecule has 0 unspecified atom stereocenters. The van der Waals surface area contributed by atoms with Gasteiger partial charge in [-0.2, -0.15) is 4.99 Å². The number of hydrogen-bond acceptors (Lipinski definition) is 6. The van der Waals surface area contributed by atoms with Crippen LogP contribution in [0.3, 0.4) is 0 Å². The number of amidine groups is 1. The Bertz CT molecular complexity index is 673. The standard InChI is InChI=1S/C14H13IN2O4S/c1-2-20-12(18)7-21-10-4-3-8(5-9(10)15)6-11-13(19)17-14(16)22-11/h3-6H,2,7H2,1H3,(H2,16,17,19). The highest BCUT2D eigenvalue weighted by atomic mass is 127. The first-order chi connectivity index (χ1) is 10.5. The van der Waals surface area contributed by atoms with Crippen molar-refractivity contribution in [3.8, 4) is 5.75 Å². The quantitative estimate of drug-likeness (QED) is 0.436. The molecule has 0 saturated carbocycles. The number of esters is 1. The molecule has 0 radical (unpaired) electrons. The second-order valence-corrected chi connectivity index (χ2v) is 6.37. The third kappa shape index (κ3) is 4.47. The minimum Gasteiger partial charge on any atom is -0.481 e. The predicted molar refractivity (Wildman–Crippen MR) is 93.5 cm³/mol. The van der Waals surface area contributed by atoms with Crippen LogP contribution in [-0.4, -0.2) is 30.3 Å². The maximum absolute atomic E-state index is 11.5. The van der Waals surface area contributed by atoms with Crippen LogP contribution in [0.5, 0.6) is 5.75 Å². The summed E-state index contributed by atoms with van der Waals surface area (Å²) in [5.41, 5.74) is 6.33. The second kappa shape index (κ2) is 7.63. The molecule has 0 aromatic heterocycles. The van der Waals surface area contributed by atoms with Gasteiger partial charge in [0.15, 0.2) is 11.8 Å². The molecule has 1 aromatic carbocycles. The molecule has 0 fully saturated rings. The molecule has 8 heteroatoms. The van der Waals surface area contributed by atoms with Crippen molar-refractivity contribution in [2.75, 3.05) is 13.2 Å². The van der Waals surface area contributed by atoms with E-state index in [2.05, 4.69) is 27.6 Å². The molecule has 0 saturated heterocycles. The number of carbonyl (C=O) groups excluding carboxylic acids is 2. The molecule has 1 heterocycles. The van der Waals surface area contributed by atoms with Crippen molar-refractivity contribution in [3.63, 3.8) is 0 Å². The van der Waals surface area contributed by atoms with Gasteiger partial charge in [0.05, 0.1) is 15.1 Å². The van der Waals surface area contributed by atoms with Gasteiger partial charge in [-0.25, -0.2) is 4.79 Å². The maximum Gasteiger partial charge on any atom is 0.344 e. The topological polar surface area (TPSA) is 91.0 Å². The summed E-state index contributed by atoms with van der Waals surface area (Å²) in [7, 11) is 0. The van der Waals surface area contributed by atoms with Crippen LogP contribution >= 0.6 is 34.4 Å². The number of benzene rings is 1. The lowest BCUT2D eigenvalue weighted by molar-refractivity contribution is -0.145. The fourth-order valence-electron chi connectivity index (χ4n) is 1.64. The average Bonchev–Trinajstić information content (AvgIpc) is 2.76. The van der Waals surface area contributed by atoms with Crippen molar-refractivity contribution >= 4 is 57.5 Å². The van der Waals surface area contributed by atoms with Gasteiger partial charge in [0.1, 0.15) is 5.75 Å². The highest BCUT2D eigenvalue weighted by Gasteiger charge is 2.19. The molecule has 2 N–H and O–H groups in total. The summed E-state index contributed by atoms with van der Waals surface area (Å²) in [4.78, 5) is 26.9. The fraction of sp³-hybridized carbons (Fsp3) is 0.214. The van der Waals surface area contributed by atoms with Gasteiger partial charge in [0.25, 0.3) is 5.91 Å². The number of ether oxygens (including phenoxy) is 2. The molecule has 0 bridgehead atoms. The van der Waals surface area contributed by atoms with E-state index in [4.69, 9.17) is 15.2 Å². The summed E-state index contributed by atoms with van der Waals surface area (Å²) in [5.74, 6) is -0.165. The van der Waals surface area contributed by atoms with Gasteiger partial charge in [-0.15, -0.1) is 0 Å². The van der Waals surface area contributed by atoms with E-state index in [0.717, 1.165) is 20.9 Å². The van der Waals surface area contributed by atoms with E-state index in [1.807, 2.05) is 6.07 Å². The Hall–Kier alpha value is -1.55. The first kappa shape index (κ1) is 16.8. The Balaban J connectivity index is 2.05. The minimum atomic E-state index is -0.412. The van der Waals surface area contributed by atoms with Crippen molar-refractivity contribution in [2.24, 2.45) is 10.7 Å². The van der Waals surface area contributed by atoms with E-state index in [1.54, 1.807) is 25.1 Å². The lowest BCUT2D eigenvalue weighted by Gasteiger charge is -2.08. The maximum atomic E-state index is 11.5. The lowest BCUT2D eigenvalue weighted by Crippen LogP contribution is -2.14. The molecule has 0 atom stereocenters. The van der Waals surface area contributed by atoms with E-state index in [1.165, 1.54) is 0 Å². The zero-order valence-electron chi connectivity index (χ0n) is 11.7. The molecule has 1 amide bonds. The van der Waals surface area contributed by atoms with Gasteiger partial charge in [0, 0.05) is 0 Å². The fourth-order valence-corrected chi connectivity index (χ4v) is 3.02. The third-order valence-corrected chi connectivity index (χ3v) is 4.20. The number of carbonyl (C=O) groups is 2. The Morgan fingerprint density at radius 3 is 2.86 bits per heavy atom. The van der Waals surface area contributed by atoms with Crippen LogP contribution in [0, 0.1) is 3.57 Å². The Labute approximate surface area is 145 Å². The van der Waals surface area contributed by atoms with E-state index in [-0.39, 0.29) is 17.7 Å². The predicted octanol–water partition coefficient (Wildman–Crippen LogP) is 2.16. The van der Waals surface area contributed by atoms with Crippen LogP contribution in [0.4, 0.5) is 0 Å². The van der Waals surface area contributed by atoms with Crippen molar-refractivity contribution < 1.29 is 19.1 Å². The summed E-state index contributed by atoms with van der Waals surface area (Å²) in [6.07, 6.45) is 1.72. The molecule has 2 rings (SSSR count). The highest BCUT2D eigenvalue weighted by molar-refractivity contribution is 14.1. The average molecular weight is 432 g/mol. The largest absolute Gasteiger partial charge is 0.481 e. The van der Waals surface area contributed by atoms with E-state index < -0.39 is 5.97 Å². The second-order valence-electron chi connectivity index (χ2n) is 4.15. The molecule has 1 aromatic rings. The summed E-state index contributed by atoms with van der Waals surface area (Å²) >= 11 is 3.24. The number of rotatable bonds is 5. The number of nitrogens with zero attached hydrogens (tertiary/aromatic N) is 1. The number of thioether (sulfide) groups is 1. The number of halogens is 1. The van der Waals surface area contributed by atoms with Crippen LogP contribution in [0.1, 0.15) is 12.5 Å². The highest BCUT2D eigenvalue weighted by Crippen LogP contribution is 2.28. The monoisotopic (exact) mass is 432 g/mol. The Morgan fingerprint density at radius 2 is 2.27 bits per heavy atom. The van der Waals surface area contributed by atoms with E-state index in [0.29, 0.717) is 17.3 Å². The first-order valence-corrected chi connectivity index (χ1v) is 8.25. The third-order valence-electron chi connectivity index (χ3n) is 2.54. The minimum absolute atomic E-state index is 0.136. The number of aliphatic imine (C=N–C) groups is 1. The van der Waals surface area contributed by atoms with E-state index >= 15 is 0 Å². The SMILES string of the molecule is CCOC(=O)COc1ccc(C=C2SC(N)=NC2=O)cc1I. The van der Waals surface area contributed by atoms with Gasteiger partial charge in [-0.3, -0.25) is 4.79 Å². The smallest absolute Gasteiger partial charge is 0.344 e. The molecule has 0 aliphatic carbocycles. The van der Waals surface area contributed by atoms with Gasteiger partial charge in [0.2, 0.25) is 0 Å². The molecule has 116 valence electrons. The van der Waals surface area contributed by atoms with Crippen LogP contribution < -0.4 is 10.5 Å². The molecule has 6 nitrogen and oxygen atoms in total. The molecule has 1 aliphatic rings. The van der Waals surface area contributed by atoms with Crippen LogP contribution in [0.2, 0.25) is 0 Å². The summed E-state index contributed by atoms with van der Waals surface area (Å²) in [5, 5.41) is 0.250. The zero-order valence-corrected chi connectivity index (χ0v) is 14.6. The number of hydrogen-bond donors (Lipinski definition) is 1. The Kier molecular flexibility index (Phi) is 5.83. The zero-order chi connectivity index (χ0) is 16.1. The van der Waals surface area contributed by atoms with Crippen LogP contribution in [0.25, 0.3) is 6.08 Å². The summed E-state index contributed by atoms with van der Waals surface area (Å²) < 4.78 is 11.0. The molecular weight excluding hydrogens is 419 g/mol. The van der Waals surface area contributed by atoms with Crippen molar-refractivity contribution in [1.29, 1.82) is 0 Å². The normalized spacial score (nSPS) is 15.8. The van der Waals surface area contributed by atoms with Crippen molar-refractivity contribution in [2.45, 2.75) is 6.92 Å². The Morgan fingerprint density at radius 1 is 1.50 bits per heavy atom. The van der Waals surface area contributed by atoms with Crippen molar-refractivity contribution in [3.05, 3.63) is 32.2 Å². The summed E-state index contributed by atoms with van der Waals surface area (Å²) in [6, 6.07) is 5.37. The number of amides is 1. The van der Waals surface area contributed by atoms with Crippen LogP contribution in [-0.2, 0) is 14.3 Å². The van der Waals surface area contributed by atoms with Crippen molar-refractivity contribution in [1.82, 2.24) is 0 Å². The molecule has 22 heavy (non-hydrogen) atoms. The molecule has 0 spiro atoms. The van der Waals surface area contributed by atoms with E-state index in [9.17, 15) is 9.59 Å². The summed E-state index contributed by atoms with van der Waals surface area (Å²) in [6.45, 7) is 1.93. The van der Waals surface area contributed by atoms with Gasteiger partial charge in [-0.05, 0) is 65.0 Å². The first-order valence-electron chi connectivity index (χ1n) is 6.35. The lowest BCUT2D eigenvalue weighted by atomic mass is 10.2. The van der Waals surface area contributed by atoms with Gasteiger partial charge >= 0.3 is 5.97 Å². The number of nitrogens with two attached hydrogens (primary N) is 1. The molecule has 1 aliphatic heterocycles. The van der Waals surface area contributed by atoms with Crippen LogP contribution in [0.15, 0.2) is 28.1 Å². The van der Waals surface area contributed by atoms with Gasteiger partial charge in [-0.1, -0.05) is 6.07 Å².